The predicted molar refractivity (Wildman–Crippen MR) is 140 cm³/mol. The molecule has 0 radical (unpaired) electrons. The molecule has 37 heavy (non-hydrogen) atoms. The zero-order valence-corrected chi connectivity index (χ0v) is 21.8. The van der Waals surface area contributed by atoms with Crippen molar-refractivity contribution in [3.05, 3.63) is 42.2 Å². The molecule has 0 saturated carbocycles. The maximum atomic E-state index is 14.7. The van der Waals surface area contributed by atoms with Crippen LogP contribution in [0.1, 0.15) is 62.7 Å². The summed E-state index contributed by atoms with van der Waals surface area (Å²) in [5.41, 5.74) is 0.810. The van der Waals surface area contributed by atoms with Gasteiger partial charge in [0, 0.05) is 17.7 Å². The molecule has 2 amide bonds. The second-order valence-electron chi connectivity index (χ2n) is 10.2. The summed E-state index contributed by atoms with van der Waals surface area (Å²) in [7, 11) is 0. The fourth-order valence-corrected chi connectivity index (χ4v) is 4.90. The Morgan fingerprint density at radius 3 is 2.43 bits per heavy atom. The van der Waals surface area contributed by atoms with Gasteiger partial charge in [0.05, 0.1) is 30.7 Å². The third kappa shape index (κ3) is 7.32. The van der Waals surface area contributed by atoms with E-state index in [1.54, 1.807) is 36.7 Å². The van der Waals surface area contributed by atoms with E-state index in [4.69, 9.17) is 4.74 Å². The maximum Gasteiger partial charge on any atom is 0.257 e. The highest BCUT2D eigenvalue weighted by atomic mass is 19.1. The van der Waals surface area contributed by atoms with Gasteiger partial charge in [-0.15, -0.1) is 0 Å². The van der Waals surface area contributed by atoms with Crippen molar-refractivity contribution in [1.82, 2.24) is 25.5 Å². The minimum absolute atomic E-state index is 0.284. The number of hydrogen-bond acceptors (Lipinski definition) is 7. The fourth-order valence-electron chi connectivity index (χ4n) is 4.90. The van der Waals surface area contributed by atoms with Crippen LogP contribution in [0.25, 0.3) is 11.3 Å². The Kier molecular flexibility index (Phi) is 9.21. The average Bonchev–Trinajstić information content (AvgIpc) is 3.48. The van der Waals surface area contributed by atoms with Crippen molar-refractivity contribution in [1.29, 1.82) is 0 Å². The van der Waals surface area contributed by atoms with Crippen LogP contribution in [0.15, 0.2) is 36.7 Å². The first kappa shape index (κ1) is 27.1. The Bertz CT molecular complexity index is 1030. The molecule has 9 heteroatoms. The predicted octanol–water partition coefficient (Wildman–Crippen LogP) is 3.77. The van der Waals surface area contributed by atoms with E-state index < -0.39 is 11.6 Å². The summed E-state index contributed by atoms with van der Waals surface area (Å²) in [6, 6.07) is 6.62. The largest absolute Gasteiger partial charge is 0.476 e. The van der Waals surface area contributed by atoms with E-state index in [0.717, 1.165) is 50.9 Å². The van der Waals surface area contributed by atoms with Gasteiger partial charge in [0.1, 0.15) is 5.67 Å². The number of carbonyl (C=O) groups is 2. The van der Waals surface area contributed by atoms with Crippen molar-refractivity contribution in [2.24, 2.45) is 5.92 Å². The van der Waals surface area contributed by atoms with Gasteiger partial charge in [-0.05, 0) is 76.2 Å². The van der Waals surface area contributed by atoms with E-state index >= 15 is 0 Å². The van der Waals surface area contributed by atoms with Crippen LogP contribution in [0, 0.1) is 5.92 Å². The van der Waals surface area contributed by atoms with E-state index in [1.165, 1.54) is 0 Å². The second-order valence-corrected chi connectivity index (χ2v) is 10.2. The summed E-state index contributed by atoms with van der Waals surface area (Å²) >= 11 is 0. The summed E-state index contributed by atoms with van der Waals surface area (Å²) in [6.07, 6.45) is 8.02. The molecule has 4 rings (SSSR count). The molecule has 200 valence electrons. The second kappa shape index (κ2) is 12.6. The summed E-state index contributed by atoms with van der Waals surface area (Å²) in [4.78, 5) is 35.6. The van der Waals surface area contributed by atoms with Gasteiger partial charge in [-0.2, -0.15) is 0 Å². The molecule has 0 bridgehead atoms. The van der Waals surface area contributed by atoms with Crippen LogP contribution in [0.4, 0.5) is 4.39 Å². The van der Waals surface area contributed by atoms with Crippen molar-refractivity contribution in [3.63, 3.8) is 0 Å². The first-order valence-corrected chi connectivity index (χ1v) is 13.4. The summed E-state index contributed by atoms with van der Waals surface area (Å²) in [5.74, 6) is 0.199. The van der Waals surface area contributed by atoms with Crippen molar-refractivity contribution >= 4 is 11.8 Å². The normalized spacial score (nSPS) is 19.1. The number of rotatable bonds is 10. The third-order valence-corrected chi connectivity index (χ3v) is 7.63. The molecule has 0 spiro atoms. The van der Waals surface area contributed by atoms with Gasteiger partial charge in [-0.1, -0.05) is 26.0 Å². The number of hydrogen-bond donors (Lipinski definition) is 2. The number of likely N-dealkylation sites (tertiary alicyclic amines) is 1. The topological polar surface area (TPSA) is 96.5 Å². The third-order valence-electron chi connectivity index (χ3n) is 7.63. The molecule has 1 aromatic heterocycles. The zero-order chi connectivity index (χ0) is 26.3. The maximum absolute atomic E-state index is 14.7. The number of aromatic nitrogens is 2. The summed E-state index contributed by atoms with van der Waals surface area (Å²) in [5, 5.41) is 5.54. The lowest BCUT2D eigenvalue weighted by Crippen LogP contribution is -2.44. The van der Waals surface area contributed by atoms with Crippen molar-refractivity contribution in [2.45, 2.75) is 64.1 Å². The van der Waals surface area contributed by atoms with Crippen LogP contribution in [0.5, 0.6) is 5.88 Å². The molecular weight excluding hydrogens is 473 g/mol. The Morgan fingerprint density at radius 2 is 1.84 bits per heavy atom. The molecule has 2 fully saturated rings. The van der Waals surface area contributed by atoms with Gasteiger partial charge in [0.2, 0.25) is 11.8 Å². The highest BCUT2D eigenvalue weighted by Gasteiger charge is 2.30. The van der Waals surface area contributed by atoms with Crippen LogP contribution in [0.2, 0.25) is 0 Å². The summed E-state index contributed by atoms with van der Waals surface area (Å²) in [6.45, 7) is 7.51. The average molecular weight is 512 g/mol. The monoisotopic (exact) mass is 511 g/mol. The van der Waals surface area contributed by atoms with Gasteiger partial charge in [0.25, 0.3) is 5.91 Å². The zero-order valence-electron chi connectivity index (χ0n) is 21.8. The molecule has 2 aliphatic rings. The van der Waals surface area contributed by atoms with E-state index in [1.807, 2.05) is 13.8 Å². The molecule has 2 aromatic rings. The van der Waals surface area contributed by atoms with E-state index in [-0.39, 0.29) is 11.9 Å². The number of amides is 2. The molecule has 8 nitrogen and oxygen atoms in total. The van der Waals surface area contributed by atoms with Crippen molar-refractivity contribution in [2.75, 3.05) is 32.8 Å². The first-order chi connectivity index (χ1) is 17.9. The molecule has 2 saturated heterocycles. The molecule has 3 heterocycles. The van der Waals surface area contributed by atoms with Crippen LogP contribution in [-0.4, -0.2) is 71.2 Å². The Morgan fingerprint density at radius 1 is 1.11 bits per heavy atom. The molecule has 0 aliphatic carbocycles. The van der Waals surface area contributed by atoms with Crippen LogP contribution in [-0.2, 0) is 4.79 Å². The quantitative estimate of drug-likeness (QED) is 0.469. The van der Waals surface area contributed by atoms with Crippen LogP contribution in [0.3, 0.4) is 0 Å². The Balaban J connectivity index is 1.23. The highest BCUT2D eigenvalue weighted by Crippen LogP contribution is 2.26. The lowest BCUT2D eigenvalue weighted by Gasteiger charge is -2.36. The van der Waals surface area contributed by atoms with Gasteiger partial charge in [-0.3, -0.25) is 14.9 Å². The van der Waals surface area contributed by atoms with Gasteiger partial charge in [-0.25, -0.2) is 14.4 Å². The lowest BCUT2D eigenvalue weighted by atomic mass is 9.94. The number of nitrogens with one attached hydrogen (secondary N) is 2. The molecule has 0 unspecified atom stereocenters. The molecule has 1 atom stereocenters. The lowest BCUT2D eigenvalue weighted by molar-refractivity contribution is -0.121. The van der Waals surface area contributed by atoms with E-state index in [2.05, 4.69) is 25.5 Å². The van der Waals surface area contributed by atoms with Crippen molar-refractivity contribution in [3.8, 4) is 17.1 Å². The number of piperidine rings is 1. The van der Waals surface area contributed by atoms with Crippen molar-refractivity contribution < 1.29 is 18.7 Å². The number of nitrogens with zero attached hydrogens (tertiary/aromatic N) is 3. The minimum atomic E-state index is -1.08. The number of benzene rings is 1. The fraction of sp³-hybridized carbons (Fsp3) is 0.571. The minimum Gasteiger partial charge on any atom is -0.476 e. The molecular formula is C28H38FN5O3. The summed E-state index contributed by atoms with van der Waals surface area (Å²) < 4.78 is 20.6. The molecule has 2 aliphatic heterocycles. The van der Waals surface area contributed by atoms with Gasteiger partial charge < -0.3 is 15.0 Å². The Hall–Kier alpha value is -2.91. The smallest absolute Gasteiger partial charge is 0.257 e. The van der Waals surface area contributed by atoms with Crippen LogP contribution >= 0.6 is 0 Å². The number of alkyl halides is 1. The Labute approximate surface area is 218 Å². The number of ether oxygens (including phenoxy) is 1. The van der Waals surface area contributed by atoms with Crippen LogP contribution < -0.4 is 15.4 Å². The highest BCUT2D eigenvalue weighted by molar-refractivity contribution is 6.06. The van der Waals surface area contributed by atoms with Gasteiger partial charge >= 0.3 is 0 Å². The number of carbonyl (C=O) groups excluding carboxylic acids is 2. The van der Waals surface area contributed by atoms with Gasteiger partial charge in [0.15, 0.2) is 0 Å². The standard InChI is InChI=1S/C28H38FN5O3/c1-3-28(29,4-2)19-34-14-11-20(12-15-34)18-37-25-17-31-24(16-32-25)21-7-9-22(10-8-21)26(35)33-27(36)23-6-5-13-30-23/h7-10,16-17,20,23,30H,3-6,11-15,18-19H2,1-2H3,(H,33,35,36)/t23-/m0/s1. The number of imide groups is 1. The molecule has 2 N–H and O–H groups in total. The molecule has 1 aromatic carbocycles. The number of halogens is 1. The first-order valence-electron chi connectivity index (χ1n) is 13.4. The van der Waals surface area contributed by atoms with E-state index in [0.29, 0.717) is 49.0 Å². The SMILES string of the molecule is CCC(F)(CC)CN1CCC(COc2cnc(-c3ccc(C(=O)NC(=O)[C@@H]4CCCN4)cc3)cn2)CC1. The van der Waals surface area contributed by atoms with E-state index in [9.17, 15) is 14.0 Å².